The van der Waals surface area contributed by atoms with Crippen molar-refractivity contribution in [1.29, 1.82) is 0 Å². The number of hydrogen-bond acceptors (Lipinski definition) is 5. The predicted molar refractivity (Wildman–Crippen MR) is 64.9 cm³/mol. The summed E-state index contributed by atoms with van der Waals surface area (Å²) in [6.45, 7) is 0.132. The fourth-order valence-electron chi connectivity index (χ4n) is 1.59. The highest BCUT2D eigenvalue weighted by atomic mass is 16.5. The zero-order valence-electron chi connectivity index (χ0n) is 10.2. The lowest BCUT2D eigenvalue weighted by molar-refractivity contribution is 0.0690. The third-order valence-electron chi connectivity index (χ3n) is 2.62. The van der Waals surface area contributed by atoms with Crippen molar-refractivity contribution in [2.24, 2.45) is 0 Å². The van der Waals surface area contributed by atoms with Crippen LogP contribution < -0.4 is 4.74 Å². The van der Waals surface area contributed by atoms with Crippen molar-refractivity contribution < 1.29 is 19.7 Å². The second-order valence-corrected chi connectivity index (χ2v) is 3.92. The molecule has 0 radical (unpaired) electrons. The van der Waals surface area contributed by atoms with Crippen LogP contribution in [0.3, 0.4) is 0 Å². The summed E-state index contributed by atoms with van der Waals surface area (Å²) >= 11 is 0. The van der Waals surface area contributed by atoms with Crippen molar-refractivity contribution >= 4 is 5.97 Å². The van der Waals surface area contributed by atoms with E-state index in [0.717, 1.165) is 0 Å². The summed E-state index contributed by atoms with van der Waals surface area (Å²) in [5.74, 6) is -0.449. The van der Waals surface area contributed by atoms with E-state index >= 15 is 0 Å². The Balaban J connectivity index is 2.06. The van der Waals surface area contributed by atoms with Gasteiger partial charge in [0.25, 0.3) is 0 Å². The number of aliphatic hydroxyl groups excluding tert-OH is 1. The van der Waals surface area contributed by atoms with Gasteiger partial charge in [-0.1, -0.05) is 17.3 Å². The number of rotatable bonds is 5. The molecule has 19 heavy (non-hydrogen) atoms. The van der Waals surface area contributed by atoms with Gasteiger partial charge in [0.2, 0.25) is 0 Å². The first-order chi connectivity index (χ1) is 9.10. The van der Waals surface area contributed by atoms with Gasteiger partial charge >= 0.3 is 5.97 Å². The van der Waals surface area contributed by atoms with Gasteiger partial charge in [-0.2, -0.15) is 0 Å². The van der Waals surface area contributed by atoms with Crippen LogP contribution >= 0.6 is 0 Å². The van der Waals surface area contributed by atoms with Crippen LogP contribution in [-0.2, 0) is 6.54 Å². The largest absolute Gasteiger partial charge is 0.497 e. The van der Waals surface area contributed by atoms with E-state index in [2.05, 4.69) is 10.3 Å². The molecule has 1 aromatic heterocycles. The second-order valence-electron chi connectivity index (χ2n) is 3.92. The molecule has 100 valence electrons. The number of carboxylic acid groups (broad SMARTS) is 1. The summed E-state index contributed by atoms with van der Waals surface area (Å²) in [6, 6.07) is 6.95. The topological polar surface area (TPSA) is 97.5 Å². The maximum absolute atomic E-state index is 10.6. The molecular weight excluding hydrogens is 250 g/mol. The maximum Gasteiger partial charge on any atom is 0.358 e. The van der Waals surface area contributed by atoms with Crippen LogP contribution in [-0.4, -0.2) is 38.3 Å². The Kier molecular flexibility index (Phi) is 3.76. The lowest BCUT2D eigenvalue weighted by Crippen LogP contribution is -2.09. The Bertz CT molecular complexity index is 565. The molecule has 0 saturated heterocycles. The van der Waals surface area contributed by atoms with Gasteiger partial charge in [-0.25, -0.2) is 9.48 Å². The molecule has 1 unspecified atom stereocenters. The molecule has 2 N–H and O–H groups in total. The molecule has 0 aliphatic heterocycles. The standard InChI is InChI=1S/C12H13N3O4/c1-19-9-4-2-8(3-5-9)11(16)7-15-6-10(12(17)18)13-14-15/h2-6,11,16H,7H2,1H3,(H,17,18). The molecule has 1 aromatic carbocycles. The minimum atomic E-state index is -1.15. The Hall–Kier alpha value is -2.41. The third kappa shape index (κ3) is 3.08. The number of carboxylic acids is 1. The molecule has 0 amide bonds. The van der Waals surface area contributed by atoms with E-state index in [0.29, 0.717) is 11.3 Å². The number of methoxy groups -OCH3 is 1. The van der Waals surface area contributed by atoms with Crippen molar-refractivity contribution in [2.75, 3.05) is 7.11 Å². The fraction of sp³-hybridized carbons (Fsp3) is 0.250. The number of aromatic nitrogens is 3. The normalized spacial score (nSPS) is 12.1. The van der Waals surface area contributed by atoms with Crippen LogP contribution in [0.25, 0.3) is 0 Å². The highest BCUT2D eigenvalue weighted by Gasteiger charge is 2.12. The predicted octanol–water partition coefficient (Wildman–Crippen LogP) is 0.718. The first kappa shape index (κ1) is 13.0. The van der Waals surface area contributed by atoms with E-state index in [9.17, 15) is 9.90 Å². The average Bonchev–Trinajstić information content (AvgIpc) is 2.87. The minimum absolute atomic E-state index is 0.132. The van der Waals surface area contributed by atoms with Crippen molar-refractivity contribution in [2.45, 2.75) is 12.6 Å². The molecule has 0 bridgehead atoms. The monoisotopic (exact) mass is 263 g/mol. The molecule has 0 spiro atoms. The number of hydrogen-bond donors (Lipinski definition) is 2. The zero-order chi connectivity index (χ0) is 13.8. The first-order valence-corrected chi connectivity index (χ1v) is 5.55. The molecule has 2 rings (SSSR count). The van der Waals surface area contributed by atoms with Gasteiger partial charge in [-0.15, -0.1) is 5.10 Å². The van der Waals surface area contributed by atoms with Crippen molar-refractivity contribution in [3.05, 3.63) is 41.7 Å². The molecule has 1 atom stereocenters. The van der Waals surface area contributed by atoms with Gasteiger partial charge < -0.3 is 14.9 Å². The summed E-state index contributed by atoms with van der Waals surface area (Å²) in [5, 5.41) is 25.8. The van der Waals surface area contributed by atoms with Crippen molar-refractivity contribution in [1.82, 2.24) is 15.0 Å². The molecule has 0 aliphatic carbocycles. The van der Waals surface area contributed by atoms with Crippen LogP contribution in [0.4, 0.5) is 0 Å². The summed E-state index contributed by atoms with van der Waals surface area (Å²) in [5.41, 5.74) is 0.537. The Labute approximate surface area is 109 Å². The lowest BCUT2D eigenvalue weighted by Gasteiger charge is -2.11. The highest BCUT2D eigenvalue weighted by molar-refractivity contribution is 5.84. The van der Waals surface area contributed by atoms with Crippen molar-refractivity contribution in [3.63, 3.8) is 0 Å². The third-order valence-corrected chi connectivity index (χ3v) is 2.62. The van der Waals surface area contributed by atoms with Gasteiger partial charge in [-0.05, 0) is 17.7 Å². The molecule has 1 heterocycles. The smallest absolute Gasteiger partial charge is 0.358 e. The van der Waals surface area contributed by atoms with E-state index in [1.165, 1.54) is 10.9 Å². The molecule has 2 aromatic rings. The van der Waals surface area contributed by atoms with Gasteiger partial charge in [-0.3, -0.25) is 0 Å². The van der Waals surface area contributed by atoms with Gasteiger partial charge in [0.1, 0.15) is 5.75 Å². The quantitative estimate of drug-likeness (QED) is 0.824. The minimum Gasteiger partial charge on any atom is -0.497 e. The number of benzene rings is 1. The van der Waals surface area contributed by atoms with E-state index in [4.69, 9.17) is 9.84 Å². The number of nitrogens with zero attached hydrogens (tertiary/aromatic N) is 3. The Morgan fingerprint density at radius 3 is 2.63 bits per heavy atom. The van der Waals surface area contributed by atoms with E-state index in [-0.39, 0.29) is 12.2 Å². The molecule has 0 saturated carbocycles. The maximum atomic E-state index is 10.6. The number of ether oxygens (including phenoxy) is 1. The summed E-state index contributed by atoms with van der Waals surface area (Å²) in [6.07, 6.45) is 0.476. The summed E-state index contributed by atoms with van der Waals surface area (Å²) in [7, 11) is 1.56. The molecule has 7 heteroatoms. The van der Waals surface area contributed by atoms with Crippen LogP contribution in [0.1, 0.15) is 22.2 Å². The Morgan fingerprint density at radius 2 is 2.11 bits per heavy atom. The van der Waals surface area contributed by atoms with Crippen LogP contribution in [0.5, 0.6) is 5.75 Å². The molecule has 7 nitrogen and oxygen atoms in total. The van der Waals surface area contributed by atoms with Crippen LogP contribution in [0, 0.1) is 0 Å². The number of aromatic carboxylic acids is 1. The SMILES string of the molecule is COc1ccc(C(O)Cn2cc(C(=O)O)nn2)cc1. The van der Waals surface area contributed by atoms with Gasteiger partial charge in [0, 0.05) is 0 Å². The summed E-state index contributed by atoms with van der Waals surface area (Å²) < 4.78 is 6.31. The highest BCUT2D eigenvalue weighted by Crippen LogP contribution is 2.18. The zero-order valence-corrected chi connectivity index (χ0v) is 10.2. The lowest BCUT2D eigenvalue weighted by atomic mass is 10.1. The second kappa shape index (κ2) is 5.49. The molecular formula is C12H13N3O4. The van der Waals surface area contributed by atoms with Crippen LogP contribution in [0.15, 0.2) is 30.5 Å². The van der Waals surface area contributed by atoms with Gasteiger partial charge in [0.05, 0.1) is 26.0 Å². The van der Waals surface area contributed by atoms with E-state index in [1.54, 1.807) is 31.4 Å². The average molecular weight is 263 g/mol. The molecule has 0 aliphatic rings. The Morgan fingerprint density at radius 1 is 1.42 bits per heavy atom. The van der Waals surface area contributed by atoms with Crippen LogP contribution in [0.2, 0.25) is 0 Å². The van der Waals surface area contributed by atoms with Crippen molar-refractivity contribution in [3.8, 4) is 5.75 Å². The van der Waals surface area contributed by atoms with E-state index < -0.39 is 12.1 Å². The number of carbonyl (C=O) groups is 1. The van der Waals surface area contributed by atoms with Gasteiger partial charge in [0.15, 0.2) is 5.69 Å². The van der Waals surface area contributed by atoms with E-state index in [1.807, 2.05) is 0 Å². The molecule has 0 fully saturated rings. The summed E-state index contributed by atoms with van der Waals surface area (Å²) in [4.78, 5) is 10.6. The number of aliphatic hydroxyl groups is 1. The first-order valence-electron chi connectivity index (χ1n) is 5.55. The fourth-order valence-corrected chi connectivity index (χ4v) is 1.59.